The number of fused-ring (bicyclic) bond motifs is 1. The molecule has 182 valence electrons. The Balaban J connectivity index is 1.49. The van der Waals surface area contributed by atoms with E-state index in [2.05, 4.69) is 15.2 Å². The fourth-order valence-corrected chi connectivity index (χ4v) is 5.04. The first-order chi connectivity index (χ1) is 16.7. The Morgan fingerprint density at radius 2 is 1.77 bits per heavy atom. The van der Waals surface area contributed by atoms with E-state index in [1.807, 2.05) is 0 Å². The number of phenolic OH excluding ortho intramolecular Hbond substituents is 1. The van der Waals surface area contributed by atoms with Gasteiger partial charge in [-0.05, 0) is 66.9 Å². The highest BCUT2D eigenvalue weighted by molar-refractivity contribution is 7.92. The molecule has 0 atom stereocenters. The van der Waals surface area contributed by atoms with Crippen LogP contribution in [-0.4, -0.2) is 39.4 Å². The highest BCUT2D eigenvalue weighted by atomic mass is 35.5. The van der Waals surface area contributed by atoms with Gasteiger partial charge < -0.3 is 14.6 Å². The number of phenols is 1. The van der Waals surface area contributed by atoms with Crippen molar-refractivity contribution in [2.24, 2.45) is 5.10 Å². The number of nitrogens with zero attached hydrogens (tertiary/aromatic N) is 1. The van der Waals surface area contributed by atoms with E-state index in [1.165, 1.54) is 50.6 Å². The molecule has 0 radical (unpaired) electrons. The molecule has 1 aliphatic rings. The maximum absolute atomic E-state index is 12.9. The average molecular weight is 516 g/mol. The van der Waals surface area contributed by atoms with E-state index in [0.29, 0.717) is 40.6 Å². The number of hydrogen-bond donors (Lipinski definition) is 3. The summed E-state index contributed by atoms with van der Waals surface area (Å²) in [6, 6.07) is 13.2. The third kappa shape index (κ3) is 5.03. The number of sulfonamides is 1. The third-order valence-corrected chi connectivity index (χ3v) is 7.24. The van der Waals surface area contributed by atoms with Gasteiger partial charge in [-0.25, -0.2) is 13.8 Å². The lowest BCUT2D eigenvalue weighted by atomic mass is 10.1. The number of aromatic hydroxyl groups is 1. The molecule has 9 nitrogen and oxygen atoms in total. The van der Waals surface area contributed by atoms with Crippen molar-refractivity contribution in [1.82, 2.24) is 5.43 Å². The Kier molecular flexibility index (Phi) is 6.86. The zero-order valence-corrected chi connectivity index (χ0v) is 20.4. The van der Waals surface area contributed by atoms with Crippen molar-refractivity contribution in [1.29, 1.82) is 0 Å². The van der Waals surface area contributed by atoms with E-state index in [1.54, 1.807) is 18.2 Å². The summed E-state index contributed by atoms with van der Waals surface area (Å²) in [5.74, 6) is 0.298. The lowest BCUT2D eigenvalue weighted by Gasteiger charge is -2.13. The van der Waals surface area contributed by atoms with Crippen LogP contribution in [0.3, 0.4) is 0 Å². The van der Waals surface area contributed by atoms with Gasteiger partial charge in [0.2, 0.25) is 0 Å². The van der Waals surface area contributed by atoms with Gasteiger partial charge in [0, 0.05) is 22.2 Å². The van der Waals surface area contributed by atoms with Crippen molar-refractivity contribution in [2.45, 2.75) is 17.7 Å². The molecule has 0 fully saturated rings. The van der Waals surface area contributed by atoms with Crippen molar-refractivity contribution in [3.05, 3.63) is 76.3 Å². The number of amides is 1. The molecule has 0 bridgehead atoms. The van der Waals surface area contributed by atoms with E-state index in [0.717, 1.165) is 5.56 Å². The lowest BCUT2D eigenvalue weighted by molar-refractivity contribution is 0.0954. The summed E-state index contributed by atoms with van der Waals surface area (Å²) < 4.78 is 38.5. The molecule has 1 aliphatic carbocycles. The second kappa shape index (κ2) is 9.85. The van der Waals surface area contributed by atoms with Crippen LogP contribution in [0.5, 0.6) is 17.2 Å². The van der Waals surface area contributed by atoms with Gasteiger partial charge in [-0.15, -0.1) is 0 Å². The summed E-state index contributed by atoms with van der Waals surface area (Å²) in [4.78, 5) is 12.5. The van der Waals surface area contributed by atoms with Crippen LogP contribution in [-0.2, 0) is 16.4 Å². The fourth-order valence-electron chi connectivity index (χ4n) is 3.72. The number of hydrazone groups is 1. The fraction of sp³-hybridized carbons (Fsp3) is 0.167. The molecule has 1 amide bonds. The molecule has 3 N–H and O–H groups in total. The molecule has 4 rings (SSSR count). The molecule has 3 aromatic carbocycles. The highest BCUT2D eigenvalue weighted by Crippen LogP contribution is 2.35. The predicted molar refractivity (Wildman–Crippen MR) is 132 cm³/mol. The summed E-state index contributed by atoms with van der Waals surface area (Å²) in [7, 11) is -1.07. The minimum absolute atomic E-state index is 0.0459. The Bertz CT molecular complexity index is 1420. The first-order valence-electron chi connectivity index (χ1n) is 10.5. The molecular formula is C24H22ClN3O6S. The minimum atomic E-state index is -3.97. The summed E-state index contributed by atoms with van der Waals surface area (Å²) in [5.41, 5.74) is 4.71. The molecule has 0 saturated heterocycles. The number of rotatable bonds is 7. The van der Waals surface area contributed by atoms with E-state index in [-0.39, 0.29) is 21.9 Å². The third-order valence-electron chi connectivity index (χ3n) is 5.50. The van der Waals surface area contributed by atoms with Gasteiger partial charge in [0.15, 0.2) is 0 Å². The van der Waals surface area contributed by atoms with Crippen molar-refractivity contribution >= 4 is 38.9 Å². The van der Waals surface area contributed by atoms with Crippen LogP contribution >= 0.6 is 11.6 Å². The number of carbonyl (C=O) groups excluding carboxylic acids is 1. The standard InChI is InChI=1S/C24H22ClN3O6S/c1-33-15-5-12-22(34-2)20(13-15)28-35(31,32)16-6-3-14(4-7-16)24(30)27-26-19-10-8-17-18(25)9-11-21(29)23(17)19/h3-7,9,11-13,28-29H,8,10H2,1-2H3,(H,27,30)/b26-19+. The number of benzene rings is 3. The SMILES string of the molecule is COc1ccc(OC)c(NS(=O)(=O)c2ccc(C(=O)N/N=C3\CCc4c(Cl)ccc(O)c43)cc2)c1. The first kappa shape index (κ1) is 24.4. The van der Waals surface area contributed by atoms with Crippen LogP contribution in [0, 0.1) is 0 Å². The number of anilines is 1. The highest BCUT2D eigenvalue weighted by Gasteiger charge is 2.24. The predicted octanol–water partition coefficient (Wildman–Crippen LogP) is 3.94. The number of nitrogens with one attached hydrogen (secondary N) is 2. The number of carbonyl (C=O) groups is 1. The number of ether oxygens (including phenoxy) is 2. The van der Waals surface area contributed by atoms with Crippen LogP contribution in [0.1, 0.15) is 27.9 Å². The topological polar surface area (TPSA) is 126 Å². The number of hydrogen-bond acceptors (Lipinski definition) is 7. The molecule has 0 aliphatic heterocycles. The molecule has 35 heavy (non-hydrogen) atoms. The van der Waals surface area contributed by atoms with Gasteiger partial charge in [0.05, 0.1) is 30.5 Å². The van der Waals surface area contributed by atoms with Crippen molar-refractivity contribution in [3.8, 4) is 17.2 Å². The van der Waals surface area contributed by atoms with Crippen LogP contribution in [0.15, 0.2) is 64.6 Å². The maximum atomic E-state index is 12.9. The van der Waals surface area contributed by atoms with Crippen LogP contribution < -0.4 is 19.6 Å². The number of halogens is 1. The molecule has 0 heterocycles. The van der Waals surface area contributed by atoms with Crippen molar-refractivity contribution in [2.75, 3.05) is 18.9 Å². The van der Waals surface area contributed by atoms with Crippen LogP contribution in [0.4, 0.5) is 5.69 Å². The van der Waals surface area contributed by atoms with Gasteiger partial charge >= 0.3 is 0 Å². The second-order valence-electron chi connectivity index (χ2n) is 7.62. The zero-order chi connectivity index (χ0) is 25.2. The van der Waals surface area contributed by atoms with Crippen LogP contribution in [0.2, 0.25) is 5.02 Å². The molecule has 0 spiro atoms. The maximum Gasteiger partial charge on any atom is 0.271 e. The molecule has 11 heteroatoms. The summed E-state index contributed by atoms with van der Waals surface area (Å²) in [6.45, 7) is 0. The van der Waals surface area contributed by atoms with E-state index in [9.17, 15) is 18.3 Å². The van der Waals surface area contributed by atoms with E-state index < -0.39 is 15.9 Å². The zero-order valence-electron chi connectivity index (χ0n) is 18.8. The molecule has 0 aromatic heterocycles. The van der Waals surface area contributed by atoms with Gasteiger partial charge in [-0.1, -0.05) is 11.6 Å². The Hall–Kier alpha value is -3.76. The summed E-state index contributed by atoms with van der Waals surface area (Å²) in [6.07, 6.45) is 1.12. The normalized spacial score (nSPS) is 13.9. The molecule has 0 unspecified atom stereocenters. The van der Waals surface area contributed by atoms with E-state index >= 15 is 0 Å². The van der Waals surface area contributed by atoms with Gasteiger partial charge in [-0.3, -0.25) is 9.52 Å². The average Bonchev–Trinajstić information content (AvgIpc) is 3.30. The number of methoxy groups -OCH3 is 2. The Morgan fingerprint density at radius 1 is 1.03 bits per heavy atom. The summed E-state index contributed by atoms with van der Waals surface area (Å²) in [5, 5.41) is 14.8. The van der Waals surface area contributed by atoms with Crippen molar-refractivity contribution in [3.63, 3.8) is 0 Å². The van der Waals surface area contributed by atoms with E-state index in [4.69, 9.17) is 21.1 Å². The second-order valence-corrected chi connectivity index (χ2v) is 9.71. The van der Waals surface area contributed by atoms with Gasteiger partial charge in [-0.2, -0.15) is 5.10 Å². The van der Waals surface area contributed by atoms with Gasteiger partial charge in [0.25, 0.3) is 15.9 Å². The van der Waals surface area contributed by atoms with Crippen molar-refractivity contribution < 1.29 is 27.8 Å². The largest absolute Gasteiger partial charge is 0.507 e. The summed E-state index contributed by atoms with van der Waals surface area (Å²) >= 11 is 6.18. The Labute approximate surface area is 207 Å². The smallest absolute Gasteiger partial charge is 0.271 e. The molecule has 0 saturated carbocycles. The van der Waals surface area contributed by atoms with Gasteiger partial charge in [0.1, 0.15) is 17.2 Å². The Morgan fingerprint density at radius 3 is 2.46 bits per heavy atom. The van der Waals surface area contributed by atoms with Crippen LogP contribution in [0.25, 0.3) is 0 Å². The monoisotopic (exact) mass is 515 g/mol. The quantitative estimate of drug-likeness (QED) is 0.409. The lowest BCUT2D eigenvalue weighted by Crippen LogP contribution is -2.20. The first-order valence-corrected chi connectivity index (χ1v) is 12.3. The molecular weight excluding hydrogens is 494 g/mol. The minimum Gasteiger partial charge on any atom is -0.507 e. The molecule has 3 aromatic rings.